The van der Waals surface area contributed by atoms with Gasteiger partial charge in [0.1, 0.15) is 36.1 Å². The summed E-state index contributed by atoms with van der Waals surface area (Å²) in [6, 6.07) is 5.87. The molecule has 4 aliphatic rings. The number of aliphatic carboxylic acids is 2. The molecule has 2 saturated heterocycles. The molecule has 396 valence electrons. The lowest BCUT2D eigenvalue weighted by atomic mass is 9.95. The van der Waals surface area contributed by atoms with E-state index in [0.717, 1.165) is 6.07 Å². The van der Waals surface area contributed by atoms with E-state index in [1.807, 2.05) is 9.80 Å². The number of benzene rings is 2. The summed E-state index contributed by atoms with van der Waals surface area (Å²) in [6.07, 6.45) is 1.64. The molecule has 2 fully saturated rings. The van der Waals surface area contributed by atoms with E-state index in [4.69, 9.17) is 41.3 Å². The van der Waals surface area contributed by atoms with Gasteiger partial charge < -0.3 is 30.3 Å². The zero-order valence-electron chi connectivity index (χ0n) is 39.7. The van der Waals surface area contributed by atoms with Gasteiger partial charge in [0.15, 0.2) is 21.7 Å². The summed E-state index contributed by atoms with van der Waals surface area (Å²) >= 11 is 15.0. The molecule has 6 unspecified atom stereocenters. The summed E-state index contributed by atoms with van der Waals surface area (Å²) in [4.78, 5) is 70.4. The molecule has 16 nitrogen and oxygen atoms in total. The number of hydrogen-bond donors (Lipinski definition) is 4. The van der Waals surface area contributed by atoms with Gasteiger partial charge in [-0.15, -0.1) is 46.2 Å². The highest BCUT2D eigenvalue weighted by molar-refractivity contribution is 9.10. The largest absolute Gasteiger partial charge is 0.481 e. The third-order valence-electron chi connectivity index (χ3n) is 11.8. The lowest BCUT2D eigenvalue weighted by Crippen LogP contribution is -2.42. The van der Waals surface area contributed by atoms with Crippen LogP contribution in [0.4, 0.5) is 17.6 Å². The number of thioether (sulfide) groups is 2. The number of carboxylic acid groups (broad SMARTS) is 2. The summed E-state index contributed by atoms with van der Waals surface area (Å²) in [5.41, 5.74) is 2.35. The molecule has 6 heterocycles. The van der Waals surface area contributed by atoms with Crippen LogP contribution in [0.25, 0.3) is 0 Å². The highest BCUT2D eigenvalue weighted by Crippen LogP contribution is 2.40. The number of carbonyl (C=O) groups excluding carboxylic acids is 2. The Balaban J connectivity index is 0.000000216. The molecule has 4 N–H and O–H groups in total. The number of carbonyl (C=O) groups is 4. The van der Waals surface area contributed by atoms with Gasteiger partial charge in [-0.05, 0) is 56.5 Å². The van der Waals surface area contributed by atoms with Gasteiger partial charge in [-0.25, -0.2) is 37.1 Å². The third kappa shape index (κ3) is 14.7. The number of halogens is 6. The van der Waals surface area contributed by atoms with Gasteiger partial charge >= 0.3 is 23.9 Å². The highest BCUT2D eigenvalue weighted by Gasteiger charge is 2.40. The maximum absolute atomic E-state index is 14.5. The molecule has 2 aromatic heterocycles. The lowest BCUT2D eigenvalue weighted by molar-refractivity contribution is -0.139. The number of nitrogens with zero attached hydrogens (tertiary/aromatic N) is 6. The van der Waals surface area contributed by atoms with Gasteiger partial charge in [-0.2, -0.15) is 0 Å². The first-order chi connectivity index (χ1) is 35.5. The number of thiazole rings is 2. The number of aliphatic imine (C=N–C) groups is 2. The van der Waals surface area contributed by atoms with E-state index < -0.39 is 59.9 Å². The predicted octanol–water partition coefficient (Wildman–Crippen LogP) is 8.26. The number of carboxylic acids is 2. The van der Waals surface area contributed by atoms with Crippen LogP contribution in [0.1, 0.15) is 59.9 Å². The molecular formula is C48H50BrClF4N8O8S4. The zero-order valence-corrected chi connectivity index (χ0v) is 45.3. The van der Waals surface area contributed by atoms with Crippen LogP contribution in [-0.4, -0.2) is 152 Å². The van der Waals surface area contributed by atoms with Crippen LogP contribution in [0.5, 0.6) is 0 Å². The first kappa shape index (κ1) is 56.8. The fourth-order valence-electron chi connectivity index (χ4n) is 8.68. The Kier molecular flexibility index (Phi) is 20.5. The number of alkyl halides is 2. The standard InChI is InChI=1S/C24H25BrF2N4O4S2.C24H25ClF2N4O4S2/c2*1-2-35-24(34)20-18(10-31-9-14(27)7-15(31)11-36-12-19(32)33)29-22(23-28-5-6-37-23)30-21(20)16-4-3-13(26)8-17(16)25/h2*3-6,8,14-15,21H,2,7,9-12H2,1H3,(H,29,30)(H,32,33). The van der Waals surface area contributed by atoms with Crippen molar-refractivity contribution in [3.8, 4) is 0 Å². The molecule has 26 heteroatoms. The maximum Gasteiger partial charge on any atom is 0.338 e. The molecule has 2 aromatic carbocycles. The second-order valence-corrected chi connectivity index (χ2v) is 22.0. The summed E-state index contributed by atoms with van der Waals surface area (Å²) in [5, 5.41) is 29.3. The number of hydrogen-bond acceptors (Lipinski definition) is 18. The van der Waals surface area contributed by atoms with Gasteiger partial charge in [-0.1, -0.05) is 39.7 Å². The smallest absolute Gasteiger partial charge is 0.338 e. The van der Waals surface area contributed by atoms with Gasteiger partial charge in [0.2, 0.25) is 0 Å². The summed E-state index contributed by atoms with van der Waals surface area (Å²) < 4.78 is 67.9. The molecule has 0 spiro atoms. The van der Waals surface area contributed by atoms with Crippen molar-refractivity contribution < 1.29 is 56.4 Å². The molecular weight excluding hydrogens is 1140 g/mol. The second-order valence-electron chi connectivity index (χ2n) is 16.9. The van der Waals surface area contributed by atoms with Crippen molar-refractivity contribution in [3.63, 3.8) is 0 Å². The van der Waals surface area contributed by atoms with E-state index in [0.29, 0.717) is 60.2 Å². The first-order valence-electron chi connectivity index (χ1n) is 23.1. The van der Waals surface area contributed by atoms with Gasteiger partial charge in [0.05, 0.1) is 35.9 Å². The third-order valence-corrected chi connectivity index (χ3v) is 16.5. The quantitative estimate of drug-likeness (QED) is 0.0485. The van der Waals surface area contributed by atoms with Crippen LogP contribution in [0, 0.1) is 11.6 Å². The Morgan fingerprint density at radius 2 is 1.19 bits per heavy atom. The van der Waals surface area contributed by atoms with Gasteiger partial charge in [0, 0.05) is 99.4 Å². The molecule has 0 saturated carbocycles. The maximum atomic E-state index is 14.5. The van der Waals surface area contributed by atoms with Crippen molar-refractivity contribution in [2.45, 2.75) is 63.2 Å². The molecule has 0 bridgehead atoms. The molecule has 0 aliphatic carbocycles. The number of likely N-dealkylation sites (tertiary alicyclic amines) is 2. The summed E-state index contributed by atoms with van der Waals surface area (Å²) in [5.74, 6) is -2.48. The Morgan fingerprint density at radius 3 is 1.59 bits per heavy atom. The van der Waals surface area contributed by atoms with Crippen molar-refractivity contribution >= 4 is 109 Å². The number of aromatic nitrogens is 2. The summed E-state index contributed by atoms with van der Waals surface area (Å²) in [6.45, 7) is 4.26. The second kappa shape index (κ2) is 26.7. The molecule has 74 heavy (non-hydrogen) atoms. The Labute approximate surface area is 453 Å². The topological polar surface area (TPSA) is 208 Å². The number of nitrogens with one attached hydrogen (secondary N) is 2. The fourth-order valence-corrected chi connectivity index (χ4v) is 12.5. The summed E-state index contributed by atoms with van der Waals surface area (Å²) in [7, 11) is 0. The average molecular weight is 1190 g/mol. The molecule has 8 rings (SSSR count). The van der Waals surface area contributed by atoms with Gasteiger partial charge in [-0.3, -0.25) is 29.4 Å². The lowest BCUT2D eigenvalue weighted by Gasteiger charge is -2.31. The minimum absolute atomic E-state index is 0.0716. The Hall–Kier alpha value is -4.89. The molecule has 6 atom stereocenters. The number of amidine groups is 2. The molecule has 4 aliphatic heterocycles. The van der Waals surface area contributed by atoms with E-state index in [1.165, 1.54) is 70.5 Å². The van der Waals surface area contributed by atoms with Crippen molar-refractivity contribution in [1.82, 2.24) is 30.4 Å². The van der Waals surface area contributed by atoms with Crippen molar-refractivity contribution in [2.24, 2.45) is 9.98 Å². The minimum atomic E-state index is -1.08. The predicted molar refractivity (Wildman–Crippen MR) is 282 cm³/mol. The van der Waals surface area contributed by atoms with Crippen molar-refractivity contribution in [2.75, 3.05) is 62.4 Å². The molecule has 0 radical (unpaired) electrons. The van der Waals surface area contributed by atoms with E-state index >= 15 is 0 Å². The van der Waals surface area contributed by atoms with E-state index in [2.05, 4.69) is 36.5 Å². The van der Waals surface area contributed by atoms with Crippen molar-refractivity contribution in [1.29, 1.82) is 0 Å². The van der Waals surface area contributed by atoms with E-state index in [-0.39, 0.29) is 92.0 Å². The minimum Gasteiger partial charge on any atom is -0.481 e. The van der Waals surface area contributed by atoms with Crippen LogP contribution in [0.2, 0.25) is 5.02 Å². The Bertz CT molecular complexity index is 2610. The van der Waals surface area contributed by atoms with E-state index in [1.54, 1.807) is 43.1 Å². The first-order valence-corrected chi connectivity index (χ1v) is 28.3. The Morgan fingerprint density at radius 1 is 0.743 bits per heavy atom. The average Bonchev–Trinajstić information content (AvgIpc) is 4.19. The normalized spacial score (nSPS) is 22.1. The van der Waals surface area contributed by atoms with Crippen LogP contribution in [0.3, 0.4) is 0 Å². The monoisotopic (exact) mass is 1180 g/mol. The van der Waals surface area contributed by atoms with Crippen LogP contribution in [-0.2, 0) is 28.7 Å². The van der Waals surface area contributed by atoms with Crippen LogP contribution in [0.15, 0.2) is 96.5 Å². The highest BCUT2D eigenvalue weighted by atomic mass is 79.9. The zero-order chi connectivity index (χ0) is 53.1. The van der Waals surface area contributed by atoms with E-state index in [9.17, 15) is 36.7 Å². The number of esters is 2. The number of ether oxygens (including phenoxy) is 2. The molecule has 4 aromatic rings. The SMILES string of the molecule is CCOC(=O)C1=C(CN2CC(F)CC2CSCC(=O)O)NC(c2nccs2)=NC1c1ccc(F)cc1Br.CCOC(=O)C1=C(CN2CC(F)CC2CSCC(=O)O)NC(c2nccs2)=NC1c1ccc(F)cc1Cl. The fraction of sp³-hybridized carbons (Fsp3) is 0.417. The van der Waals surface area contributed by atoms with Crippen LogP contribution >= 0.6 is 73.7 Å². The van der Waals surface area contributed by atoms with Gasteiger partial charge in [0.25, 0.3) is 0 Å². The van der Waals surface area contributed by atoms with Crippen LogP contribution < -0.4 is 10.6 Å². The van der Waals surface area contributed by atoms with Crippen molar-refractivity contribution in [3.05, 3.63) is 124 Å². The molecule has 0 amide bonds. The number of rotatable bonds is 20.